The number of benzene rings is 2. The van der Waals surface area contributed by atoms with E-state index in [0.29, 0.717) is 26.4 Å². The minimum atomic E-state index is -0.617. The molecule has 0 spiro atoms. The number of aromatic nitrogens is 1. The Labute approximate surface area is 206 Å². The number of hydrogen-bond acceptors (Lipinski definition) is 6. The standard InChI is InChI=1S/C28H24N2O4S/c1-4-33-27(32)24-18(3)29-28-30(25(24)20-8-6-5-7-9-20)26(31)23(35-28)16-21-14-15-22(34-21)19-12-10-17(2)11-13-19/h5-16,25H,4H2,1-3H3. The van der Waals surface area contributed by atoms with Crippen molar-refractivity contribution in [2.24, 2.45) is 4.99 Å². The van der Waals surface area contributed by atoms with Crippen molar-refractivity contribution in [1.29, 1.82) is 0 Å². The lowest BCUT2D eigenvalue weighted by atomic mass is 9.96. The first-order valence-electron chi connectivity index (χ1n) is 11.4. The van der Waals surface area contributed by atoms with Gasteiger partial charge in [-0.25, -0.2) is 9.79 Å². The number of thiazole rings is 1. The Morgan fingerprint density at radius 1 is 1.09 bits per heavy atom. The maximum atomic E-state index is 13.6. The van der Waals surface area contributed by atoms with Crippen LogP contribution >= 0.6 is 11.3 Å². The van der Waals surface area contributed by atoms with Gasteiger partial charge in [-0.05, 0) is 38.5 Å². The van der Waals surface area contributed by atoms with Crippen LogP contribution in [0.2, 0.25) is 0 Å². The summed E-state index contributed by atoms with van der Waals surface area (Å²) >= 11 is 1.28. The zero-order chi connectivity index (χ0) is 24.5. The normalized spacial score (nSPS) is 15.6. The number of esters is 1. The number of carbonyl (C=O) groups excluding carboxylic acids is 1. The molecule has 0 bridgehead atoms. The molecule has 0 radical (unpaired) electrons. The van der Waals surface area contributed by atoms with E-state index >= 15 is 0 Å². The molecular weight excluding hydrogens is 460 g/mol. The van der Waals surface area contributed by atoms with Gasteiger partial charge in [0.1, 0.15) is 11.5 Å². The van der Waals surface area contributed by atoms with Gasteiger partial charge in [-0.2, -0.15) is 0 Å². The number of ether oxygens (including phenoxy) is 1. The van der Waals surface area contributed by atoms with Gasteiger partial charge >= 0.3 is 5.97 Å². The Bertz CT molecular complexity index is 1610. The smallest absolute Gasteiger partial charge is 0.338 e. The molecule has 2 aromatic heterocycles. The van der Waals surface area contributed by atoms with E-state index in [2.05, 4.69) is 4.99 Å². The van der Waals surface area contributed by atoms with Crippen LogP contribution in [0.25, 0.3) is 17.4 Å². The molecular formula is C28H24N2O4S. The highest BCUT2D eigenvalue weighted by molar-refractivity contribution is 7.07. The lowest BCUT2D eigenvalue weighted by Crippen LogP contribution is -2.39. The number of hydrogen-bond donors (Lipinski definition) is 0. The minimum absolute atomic E-state index is 0.231. The van der Waals surface area contributed by atoms with Gasteiger partial charge in [0.25, 0.3) is 5.56 Å². The molecule has 35 heavy (non-hydrogen) atoms. The summed E-state index contributed by atoms with van der Waals surface area (Å²) in [4.78, 5) is 31.6. The van der Waals surface area contributed by atoms with Crippen LogP contribution in [0.15, 0.2) is 92.2 Å². The first-order chi connectivity index (χ1) is 17.0. The SMILES string of the molecule is CCOC(=O)C1=C(C)N=c2sc(=Cc3ccc(-c4ccc(C)cc4)o3)c(=O)n2C1c1ccccc1. The van der Waals surface area contributed by atoms with Crippen LogP contribution in [0.3, 0.4) is 0 Å². The van der Waals surface area contributed by atoms with Crippen molar-refractivity contribution in [3.8, 4) is 11.3 Å². The second kappa shape index (κ2) is 9.35. The van der Waals surface area contributed by atoms with Crippen molar-refractivity contribution in [1.82, 2.24) is 4.57 Å². The number of aryl methyl sites for hydroxylation is 1. The van der Waals surface area contributed by atoms with E-state index in [1.54, 1.807) is 24.5 Å². The second-order valence-corrected chi connectivity index (χ2v) is 9.29. The van der Waals surface area contributed by atoms with E-state index in [-0.39, 0.29) is 12.2 Å². The average molecular weight is 485 g/mol. The Kier molecular flexibility index (Phi) is 6.09. The third kappa shape index (κ3) is 4.31. The number of nitrogens with zero attached hydrogens (tertiary/aromatic N) is 2. The molecule has 5 rings (SSSR count). The Morgan fingerprint density at radius 3 is 2.54 bits per heavy atom. The summed E-state index contributed by atoms with van der Waals surface area (Å²) < 4.78 is 13.4. The Hall–Kier alpha value is -3.97. The number of allylic oxidation sites excluding steroid dienone is 1. The molecule has 1 aliphatic rings. The van der Waals surface area contributed by atoms with Crippen molar-refractivity contribution < 1.29 is 13.9 Å². The summed E-state index contributed by atoms with van der Waals surface area (Å²) in [6, 6.07) is 20.7. The van der Waals surface area contributed by atoms with Crippen LogP contribution in [0.1, 0.15) is 36.8 Å². The average Bonchev–Trinajstić information content (AvgIpc) is 3.44. The fourth-order valence-corrected chi connectivity index (χ4v) is 5.20. The molecule has 1 atom stereocenters. The maximum absolute atomic E-state index is 13.6. The van der Waals surface area contributed by atoms with Crippen molar-refractivity contribution in [2.75, 3.05) is 6.61 Å². The highest BCUT2D eigenvalue weighted by Gasteiger charge is 2.33. The van der Waals surface area contributed by atoms with E-state index in [9.17, 15) is 9.59 Å². The first-order valence-corrected chi connectivity index (χ1v) is 12.2. The van der Waals surface area contributed by atoms with Crippen molar-refractivity contribution in [3.63, 3.8) is 0 Å². The highest BCUT2D eigenvalue weighted by atomic mass is 32.1. The van der Waals surface area contributed by atoms with Gasteiger partial charge in [-0.3, -0.25) is 9.36 Å². The molecule has 1 unspecified atom stereocenters. The van der Waals surface area contributed by atoms with Crippen molar-refractivity contribution in [3.05, 3.63) is 115 Å². The third-order valence-electron chi connectivity index (χ3n) is 5.87. The summed E-state index contributed by atoms with van der Waals surface area (Å²) in [5.41, 5.74) is 3.64. The topological polar surface area (TPSA) is 73.8 Å². The molecule has 0 saturated carbocycles. The molecule has 0 saturated heterocycles. The molecule has 0 aliphatic carbocycles. The predicted octanol–water partition coefficient (Wildman–Crippen LogP) is 4.37. The molecule has 7 heteroatoms. The van der Waals surface area contributed by atoms with Crippen LogP contribution in [0, 0.1) is 6.92 Å². The van der Waals surface area contributed by atoms with Crippen LogP contribution in [0.5, 0.6) is 0 Å². The third-order valence-corrected chi connectivity index (χ3v) is 6.85. The van der Waals surface area contributed by atoms with E-state index in [1.165, 1.54) is 16.9 Å². The largest absolute Gasteiger partial charge is 0.463 e. The summed E-state index contributed by atoms with van der Waals surface area (Å²) in [7, 11) is 0. The summed E-state index contributed by atoms with van der Waals surface area (Å²) in [5, 5.41) is 0. The van der Waals surface area contributed by atoms with E-state index < -0.39 is 12.0 Å². The van der Waals surface area contributed by atoms with E-state index in [4.69, 9.17) is 9.15 Å². The molecule has 0 amide bonds. The molecule has 4 aromatic rings. The summed E-state index contributed by atoms with van der Waals surface area (Å²) in [6.45, 7) is 5.81. The molecule has 0 N–H and O–H groups in total. The Morgan fingerprint density at radius 2 is 1.83 bits per heavy atom. The van der Waals surface area contributed by atoms with Gasteiger partial charge in [0.15, 0.2) is 4.80 Å². The van der Waals surface area contributed by atoms with Gasteiger partial charge in [0.05, 0.1) is 28.5 Å². The fourth-order valence-electron chi connectivity index (χ4n) is 4.17. The van der Waals surface area contributed by atoms with Gasteiger partial charge in [-0.1, -0.05) is 71.5 Å². The predicted molar refractivity (Wildman–Crippen MR) is 136 cm³/mol. The quantitative estimate of drug-likeness (QED) is 0.395. The van der Waals surface area contributed by atoms with Crippen LogP contribution in [-0.4, -0.2) is 17.1 Å². The fraction of sp³-hybridized carbons (Fsp3) is 0.179. The number of carbonyl (C=O) groups is 1. The lowest BCUT2D eigenvalue weighted by Gasteiger charge is -2.24. The minimum Gasteiger partial charge on any atom is -0.463 e. The zero-order valence-corrected chi connectivity index (χ0v) is 20.5. The van der Waals surface area contributed by atoms with Gasteiger partial charge in [0, 0.05) is 11.6 Å². The van der Waals surface area contributed by atoms with Gasteiger partial charge in [0.2, 0.25) is 0 Å². The molecule has 6 nitrogen and oxygen atoms in total. The lowest BCUT2D eigenvalue weighted by molar-refractivity contribution is -0.139. The number of fused-ring (bicyclic) bond motifs is 1. The van der Waals surface area contributed by atoms with E-state index in [1.807, 2.05) is 73.7 Å². The first kappa shape index (κ1) is 22.8. The molecule has 1 aliphatic heterocycles. The molecule has 0 fully saturated rings. The summed E-state index contributed by atoms with van der Waals surface area (Å²) in [6.07, 6.45) is 1.73. The zero-order valence-electron chi connectivity index (χ0n) is 19.6. The van der Waals surface area contributed by atoms with Crippen LogP contribution in [0.4, 0.5) is 0 Å². The van der Waals surface area contributed by atoms with E-state index in [0.717, 1.165) is 16.9 Å². The monoisotopic (exact) mass is 484 g/mol. The number of rotatable bonds is 5. The Balaban J connectivity index is 1.62. The second-order valence-electron chi connectivity index (χ2n) is 8.28. The van der Waals surface area contributed by atoms with Crippen molar-refractivity contribution in [2.45, 2.75) is 26.8 Å². The molecule has 3 heterocycles. The molecule has 176 valence electrons. The van der Waals surface area contributed by atoms with Crippen molar-refractivity contribution >= 4 is 23.4 Å². The highest BCUT2D eigenvalue weighted by Crippen LogP contribution is 2.30. The molecule has 2 aromatic carbocycles. The van der Waals surface area contributed by atoms with Crippen LogP contribution in [-0.2, 0) is 9.53 Å². The maximum Gasteiger partial charge on any atom is 0.338 e. The summed E-state index contributed by atoms with van der Waals surface area (Å²) in [5.74, 6) is 0.834. The van der Waals surface area contributed by atoms with Gasteiger partial charge in [-0.15, -0.1) is 0 Å². The van der Waals surface area contributed by atoms with Gasteiger partial charge < -0.3 is 9.15 Å². The number of furan rings is 1. The van der Waals surface area contributed by atoms with Crippen LogP contribution < -0.4 is 14.9 Å².